The smallest absolute Gasteiger partial charge is 0.229 e. The number of amides is 1. The molecular weight excluding hydrogens is 160 g/mol. The fraction of sp³-hybridized carbons (Fsp3) is 0.429. The molecule has 0 spiro atoms. The number of nitrogens with one attached hydrogen (secondary N) is 1. The first-order chi connectivity index (χ1) is 5.38. The number of rotatable bonds is 1. The third-order valence-electron chi connectivity index (χ3n) is 1.81. The van der Waals surface area contributed by atoms with E-state index < -0.39 is 0 Å². The van der Waals surface area contributed by atoms with Crippen LogP contribution in [0.25, 0.3) is 0 Å². The molecule has 3 nitrogen and oxygen atoms in total. The molecule has 2 rings (SSSR count). The number of carbonyl (C=O) groups is 1. The number of aromatic nitrogens is 1. The minimum Gasteiger partial charge on any atom is -0.355 e. The zero-order valence-electron chi connectivity index (χ0n) is 5.83. The predicted molar refractivity (Wildman–Crippen MR) is 41.3 cm³/mol. The first-order valence-corrected chi connectivity index (χ1v) is 4.35. The van der Waals surface area contributed by atoms with E-state index in [0.717, 1.165) is 18.7 Å². The summed E-state index contributed by atoms with van der Waals surface area (Å²) in [6.45, 7) is 0.779. The highest BCUT2D eigenvalue weighted by atomic mass is 32.1. The van der Waals surface area contributed by atoms with Gasteiger partial charge in [-0.1, -0.05) is 0 Å². The van der Waals surface area contributed by atoms with Crippen molar-refractivity contribution in [3.05, 3.63) is 16.6 Å². The lowest BCUT2D eigenvalue weighted by atomic mass is 10.1. The summed E-state index contributed by atoms with van der Waals surface area (Å²) in [5.74, 6) is 0.0850. The number of thiazole rings is 1. The Morgan fingerprint density at radius 3 is 3.27 bits per heavy atom. The Kier molecular flexibility index (Phi) is 1.62. The van der Waals surface area contributed by atoms with Gasteiger partial charge in [0.15, 0.2) is 5.51 Å². The Morgan fingerprint density at radius 1 is 1.82 bits per heavy atom. The topological polar surface area (TPSA) is 42.0 Å². The Morgan fingerprint density at radius 2 is 2.73 bits per heavy atom. The third kappa shape index (κ3) is 1.14. The van der Waals surface area contributed by atoms with Crippen LogP contribution in [0.3, 0.4) is 0 Å². The lowest BCUT2D eigenvalue weighted by molar-refractivity contribution is -0.120. The van der Waals surface area contributed by atoms with Crippen LogP contribution in [0.1, 0.15) is 18.0 Å². The molecule has 1 aliphatic rings. The molecule has 1 unspecified atom stereocenters. The maximum atomic E-state index is 11.1. The molecule has 57 valence electrons. The SMILES string of the molecule is O=C1NCCC1c1cs[c]n1. The van der Waals surface area contributed by atoms with Crippen LogP contribution in [-0.4, -0.2) is 17.4 Å². The lowest BCUT2D eigenvalue weighted by Gasteiger charge is -1.99. The average Bonchev–Trinajstić information content (AvgIpc) is 2.55. The van der Waals surface area contributed by atoms with Gasteiger partial charge in [0, 0.05) is 11.9 Å². The van der Waals surface area contributed by atoms with Crippen molar-refractivity contribution in [1.29, 1.82) is 0 Å². The second kappa shape index (κ2) is 2.62. The molecule has 1 atom stereocenters. The Bertz CT molecular complexity index is 257. The van der Waals surface area contributed by atoms with Gasteiger partial charge in [-0.25, -0.2) is 4.98 Å². The van der Waals surface area contributed by atoms with E-state index in [0.29, 0.717) is 0 Å². The van der Waals surface area contributed by atoms with E-state index in [1.807, 2.05) is 5.38 Å². The van der Waals surface area contributed by atoms with Crippen LogP contribution in [0.15, 0.2) is 5.38 Å². The molecule has 1 aliphatic heterocycles. The van der Waals surface area contributed by atoms with Gasteiger partial charge in [0.2, 0.25) is 5.91 Å². The van der Waals surface area contributed by atoms with Crippen molar-refractivity contribution in [2.75, 3.05) is 6.54 Å². The largest absolute Gasteiger partial charge is 0.355 e. The van der Waals surface area contributed by atoms with Crippen molar-refractivity contribution in [2.24, 2.45) is 0 Å². The number of hydrogen-bond donors (Lipinski definition) is 1. The van der Waals surface area contributed by atoms with Gasteiger partial charge in [-0.15, -0.1) is 11.3 Å². The molecule has 1 aromatic heterocycles. The molecule has 4 heteroatoms. The van der Waals surface area contributed by atoms with Crippen LogP contribution in [0.5, 0.6) is 0 Å². The van der Waals surface area contributed by atoms with Crippen molar-refractivity contribution < 1.29 is 4.79 Å². The van der Waals surface area contributed by atoms with Crippen molar-refractivity contribution >= 4 is 17.2 Å². The summed E-state index contributed by atoms with van der Waals surface area (Å²) in [5.41, 5.74) is 3.60. The fourth-order valence-electron chi connectivity index (χ4n) is 1.23. The molecule has 2 heterocycles. The van der Waals surface area contributed by atoms with Gasteiger partial charge in [0.25, 0.3) is 0 Å². The van der Waals surface area contributed by atoms with Gasteiger partial charge in [0.1, 0.15) is 0 Å². The Balaban J connectivity index is 2.23. The third-order valence-corrected chi connectivity index (χ3v) is 2.37. The molecule has 0 saturated carbocycles. The second-order valence-corrected chi connectivity index (χ2v) is 3.15. The quantitative estimate of drug-likeness (QED) is 0.663. The zero-order valence-corrected chi connectivity index (χ0v) is 6.65. The maximum Gasteiger partial charge on any atom is 0.229 e. The van der Waals surface area contributed by atoms with E-state index in [4.69, 9.17) is 0 Å². The summed E-state index contributed by atoms with van der Waals surface area (Å²) < 4.78 is 0. The molecule has 1 aromatic rings. The molecule has 0 aliphatic carbocycles. The zero-order chi connectivity index (χ0) is 7.68. The van der Waals surface area contributed by atoms with Crippen LogP contribution in [0.2, 0.25) is 0 Å². The number of nitrogens with zero attached hydrogens (tertiary/aromatic N) is 1. The highest BCUT2D eigenvalue weighted by Crippen LogP contribution is 2.22. The minimum absolute atomic E-state index is 0.0162. The molecule has 1 amide bonds. The Hall–Kier alpha value is -0.900. The summed E-state index contributed by atoms with van der Waals surface area (Å²) in [7, 11) is 0. The second-order valence-electron chi connectivity index (χ2n) is 2.50. The highest BCUT2D eigenvalue weighted by molar-refractivity contribution is 7.07. The van der Waals surface area contributed by atoms with Crippen molar-refractivity contribution in [3.8, 4) is 0 Å². The van der Waals surface area contributed by atoms with Crippen LogP contribution in [-0.2, 0) is 4.79 Å². The van der Waals surface area contributed by atoms with Gasteiger partial charge in [-0.3, -0.25) is 4.79 Å². The molecule has 11 heavy (non-hydrogen) atoms. The summed E-state index contributed by atoms with van der Waals surface area (Å²) in [6.07, 6.45) is 0.871. The molecule has 0 aromatic carbocycles. The van der Waals surface area contributed by atoms with E-state index in [9.17, 15) is 4.79 Å². The fourth-order valence-corrected chi connectivity index (χ4v) is 1.78. The molecule has 1 saturated heterocycles. The van der Waals surface area contributed by atoms with Crippen molar-refractivity contribution in [1.82, 2.24) is 10.3 Å². The van der Waals surface area contributed by atoms with Gasteiger partial charge < -0.3 is 5.32 Å². The van der Waals surface area contributed by atoms with Gasteiger partial charge >= 0.3 is 0 Å². The minimum atomic E-state index is -0.0162. The lowest BCUT2D eigenvalue weighted by Crippen LogP contribution is -2.17. The highest BCUT2D eigenvalue weighted by Gasteiger charge is 2.26. The number of carbonyl (C=O) groups excluding carboxylic acids is 1. The van der Waals surface area contributed by atoms with Crippen molar-refractivity contribution in [3.63, 3.8) is 0 Å². The summed E-state index contributed by atoms with van der Waals surface area (Å²) in [6, 6.07) is 0. The van der Waals surface area contributed by atoms with E-state index in [1.165, 1.54) is 11.3 Å². The molecular formula is C7H7N2OS. The first-order valence-electron chi connectivity index (χ1n) is 3.47. The standard InChI is InChI=1S/C7H7N2OS/c10-7-5(1-2-8-7)6-3-11-4-9-6/h3,5H,1-2H2,(H,8,10). The van der Waals surface area contributed by atoms with Crippen LogP contribution in [0, 0.1) is 5.51 Å². The monoisotopic (exact) mass is 167 g/mol. The van der Waals surface area contributed by atoms with Crippen molar-refractivity contribution in [2.45, 2.75) is 12.3 Å². The first kappa shape index (κ1) is 6.79. The van der Waals surface area contributed by atoms with Crippen LogP contribution in [0.4, 0.5) is 0 Å². The molecule has 0 bridgehead atoms. The predicted octanol–water partition coefficient (Wildman–Crippen LogP) is 0.547. The summed E-state index contributed by atoms with van der Waals surface area (Å²) in [5, 5.41) is 4.65. The van der Waals surface area contributed by atoms with Gasteiger partial charge in [-0.05, 0) is 6.42 Å². The number of hydrogen-bond acceptors (Lipinski definition) is 3. The maximum absolute atomic E-state index is 11.1. The Labute approximate surface area is 68.5 Å². The summed E-state index contributed by atoms with van der Waals surface area (Å²) >= 11 is 1.41. The van der Waals surface area contributed by atoms with Gasteiger partial charge in [0.05, 0.1) is 11.6 Å². The van der Waals surface area contributed by atoms with E-state index in [1.54, 1.807) is 0 Å². The van der Waals surface area contributed by atoms with E-state index in [-0.39, 0.29) is 11.8 Å². The van der Waals surface area contributed by atoms with Crippen LogP contribution < -0.4 is 5.32 Å². The average molecular weight is 167 g/mol. The van der Waals surface area contributed by atoms with Gasteiger partial charge in [-0.2, -0.15) is 0 Å². The molecule has 1 N–H and O–H groups in total. The summed E-state index contributed by atoms with van der Waals surface area (Å²) in [4.78, 5) is 15.1. The normalized spacial score (nSPS) is 23.6. The molecule has 1 radical (unpaired) electrons. The van der Waals surface area contributed by atoms with E-state index in [2.05, 4.69) is 15.8 Å². The molecule has 1 fully saturated rings. The van der Waals surface area contributed by atoms with Crippen LogP contribution >= 0.6 is 11.3 Å². The van der Waals surface area contributed by atoms with E-state index >= 15 is 0 Å².